The van der Waals surface area contributed by atoms with Crippen LogP contribution in [0.5, 0.6) is 0 Å². The number of nitrogens with one attached hydrogen (secondary N) is 1. The lowest BCUT2D eigenvalue weighted by molar-refractivity contribution is -0.138. The van der Waals surface area contributed by atoms with E-state index in [0.29, 0.717) is 24.9 Å². The Kier molecular flexibility index (Phi) is 5.67. The Bertz CT molecular complexity index is 869. The summed E-state index contributed by atoms with van der Waals surface area (Å²) in [4.78, 5) is 29.6. The van der Waals surface area contributed by atoms with Crippen LogP contribution in [0.3, 0.4) is 0 Å². The number of likely N-dealkylation sites (tertiary alicyclic amines) is 1. The van der Waals surface area contributed by atoms with Crippen LogP contribution in [-0.4, -0.2) is 28.2 Å². The number of benzene rings is 1. The van der Waals surface area contributed by atoms with Gasteiger partial charge in [-0.2, -0.15) is 13.2 Å². The highest BCUT2D eigenvalue weighted by molar-refractivity contribution is 5.94. The van der Waals surface area contributed by atoms with Gasteiger partial charge in [0.15, 0.2) is 0 Å². The van der Waals surface area contributed by atoms with Gasteiger partial charge in [-0.3, -0.25) is 14.6 Å². The Hall–Kier alpha value is -2.90. The molecule has 2 amide bonds. The van der Waals surface area contributed by atoms with E-state index in [1.165, 1.54) is 6.92 Å². The van der Waals surface area contributed by atoms with Gasteiger partial charge in [-0.1, -0.05) is 18.2 Å². The molecule has 0 radical (unpaired) electrons. The number of carbonyl (C=O) groups is 2. The molecule has 0 saturated carbocycles. The fourth-order valence-corrected chi connectivity index (χ4v) is 3.37. The first-order valence-electron chi connectivity index (χ1n) is 8.94. The molecule has 3 rings (SSSR count). The molecule has 0 bridgehead atoms. The van der Waals surface area contributed by atoms with Crippen LogP contribution in [0.4, 0.5) is 13.2 Å². The lowest BCUT2D eigenvalue weighted by Crippen LogP contribution is -2.31. The molecular formula is C20H20F3N3O2. The lowest BCUT2D eigenvalue weighted by atomic mass is 10.0. The summed E-state index contributed by atoms with van der Waals surface area (Å²) in [6, 6.07) is 9.14. The molecule has 1 saturated heterocycles. The number of carbonyl (C=O) groups excluding carboxylic acids is 2. The summed E-state index contributed by atoms with van der Waals surface area (Å²) < 4.78 is 40.6. The molecule has 1 N–H and O–H groups in total. The number of amides is 2. The largest absolute Gasteiger partial charge is 0.416 e. The van der Waals surface area contributed by atoms with Crippen molar-refractivity contribution in [3.8, 4) is 0 Å². The Labute approximate surface area is 160 Å². The molecule has 1 aromatic heterocycles. The summed E-state index contributed by atoms with van der Waals surface area (Å²) in [6.45, 7) is 1.45. The summed E-state index contributed by atoms with van der Waals surface area (Å²) in [5.41, 5.74) is -0.246. The summed E-state index contributed by atoms with van der Waals surface area (Å²) in [6.07, 6.45) is -2.20. The van der Waals surface area contributed by atoms with Crippen LogP contribution >= 0.6 is 0 Å². The van der Waals surface area contributed by atoms with Crippen LogP contribution in [0, 0.1) is 0 Å². The van der Waals surface area contributed by atoms with Gasteiger partial charge in [0, 0.05) is 37.3 Å². The van der Waals surface area contributed by atoms with Crippen molar-refractivity contribution in [1.82, 2.24) is 15.2 Å². The van der Waals surface area contributed by atoms with Gasteiger partial charge in [-0.15, -0.1) is 0 Å². The molecule has 1 aliphatic heterocycles. The van der Waals surface area contributed by atoms with Gasteiger partial charge in [0.1, 0.15) is 0 Å². The maximum Gasteiger partial charge on any atom is 0.416 e. The smallest absolute Gasteiger partial charge is 0.352 e. The molecule has 8 heteroatoms. The van der Waals surface area contributed by atoms with Crippen molar-refractivity contribution in [3.63, 3.8) is 0 Å². The van der Waals surface area contributed by atoms with Gasteiger partial charge in [-0.25, -0.2) is 0 Å². The number of nitrogens with zero attached hydrogens (tertiary/aromatic N) is 2. The van der Waals surface area contributed by atoms with Gasteiger partial charge in [0.25, 0.3) is 5.91 Å². The van der Waals surface area contributed by atoms with Crippen molar-refractivity contribution in [2.75, 3.05) is 6.54 Å². The van der Waals surface area contributed by atoms with Gasteiger partial charge in [-0.05, 0) is 31.0 Å². The standard InChI is InChI=1S/C20H20F3N3O2/c1-13(27)24-11-15-12-25-17(10-16(15)20(21,22)23)18-8-5-9-26(18)19(28)14-6-3-2-4-7-14/h2-4,6-7,10,12,18H,5,8-9,11H2,1H3,(H,24,27). The monoisotopic (exact) mass is 391 g/mol. The first-order valence-corrected chi connectivity index (χ1v) is 8.94. The molecule has 28 heavy (non-hydrogen) atoms. The minimum absolute atomic E-state index is 0.106. The average molecular weight is 391 g/mol. The van der Waals surface area contributed by atoms with Gasteiger partial charge >= 0.3 is 6.18 Å². The summed E-state index contributed by atoms with van der Waals surface area (Å²) >= 11 is 0. The van der Waals surface area contributed by atoms with Crippen LogP contribution in [0.1, 0.15) is 53.0 Å². The Morgan fingerprint density at radius 1 is 1.25 bits per heavy atom. The second-order valence-corrected chi connectivity index (χ2v) is 6.70. The minimum Gasteiger partial charge on any atom is -0.352 e. The van der Waals surface area contributed by atoms with E-state index in [4.69, 9.17) is 0 Å². The molecular weight excluding hydrogens is 371 g/mol. The fourth-order valence-electron chi connectivity index (χ4n) is 3.37. The van der Waals surface area contributed by atoms with Crippen molar-refractivity contribution in [2.45, 2.75) is 38.5 Å². The number of hydrogen-bond donors (Lipinski definition) is 1. The third-order valence-corrected chi connectivity index (χ3v) is 4.72. The Morgan fingerprint density at radius 3 is 2.61 bits per heavy atom. The highest BCUT2D eigenvalue weighted by Gasteiger charge is 2.37. The van der Waals surface area contributed by atoms with E-state index in [1.807, 2.05) is 0 Å². The second-order valence-electron chi connectivity index (χ2n) is 6.70. The topological polar surface area (TPSA) is 62.3 Å². The van der Waals surface area contributed by atoms with E-state index in [2.05, 4.69) is 10.3 Å². The van der Waals surface area contributed by atoms with E-state index in [-0.39, 0.29) is 23.7 Å². The molecule has 2 heterocycles. The van der Waals surface area contributed by atoms with Crippen molar-refractivity contribution < 1.29 is 22.8 Å². The van der Waals surface area contributed by atoms with E-state index < -0.39 is 23.7 Å². The van der Waals surface area contributed by atoms with Crippen LogP contribution in [0.2, 0.25) is 0 Å². The van der Waals surface area contributed by atoms with E-state index in [9.17, 15) is 22.8 Å². The number of aromatic nitrogens is 1. The number of alkyl halides is 3. The van der Waals surface area contributed by atoms with Gasteiger partial charge < -0.3 is 10.2 Å². The maximum atomic E-state index is 13.5. The minimum atomic E-state index is -4.58. The number of hydrogen-bond acceptors (Lipinski definition) is 3. The van der Waals surface area contributed by atoms with Crippen LogP contribution < -0.4 is 5.32 Å². The Morgan fingerprint density at radius 2 is 1.96 bits per heavy atom. The molecule has 1 aromatic carbocycles. The second kappa shape index (κ2) is 8.00. The zero-order valence-corrected chi connectivity index (χ0v) is 15.3. The molecule has 5 nitrogen and oxygen atoms in total. The van der Waals surface area contributed by atoms with Gasteiger partial charge in [0.2, 0.25) is 5.91 Å². The fraction of sp³-hybridized carbons (Fsp3) is 0.350. The molecule has 0 spiro atoms. The zero-order chi connectivity index (χ0) is 20.3. The first kappa shape index (κ1) is 19.9. The highest BCUT2D eigenvalue weighted by Crippen LogP contribution is 2.37. The van der Waals surface area contributed by atoms with Crippen molar-refractivity contribution in [2.24, 2.45) is 0 Å². The average Bonchev–Trinajstić information content (AvgIpc) is 3.15. The maximum absolute atomic E-state index is 13.5. The summed E-state index contributed by atoms with van der Waals surface area (Å²) in [7, 11) is 0. The highest BCUT2D eigenvalue weighted by atomic mass is 19.4. The SMILES string of the molecule is CC(=O)NCc1cnc(C2CCCN2C(=O)c2ccccc2)cc1C(F)(F)F. The van der Waals surface area contributed by atoms with E-state index >= 15 is 0 Å². The molecule has 1 unspecified atom stereocenters. The van der Waals surface area contributed by atoms with Crippen molar-refractivity contribution >= 4 is 11.8 Å². The summed E-state index contributed by atoms with van der Waals surface area (Å²) in [5.74, 6) is -0.645. The first-order chi connectivity index (χ1) is 13.3. The summed E-state index contributed by atoms with van der Waals surface area (Å²) in [5, 5.41) is 2.37. The zero-order valence-electron chi connectivity index (χ0n) is 15.3. The van der Waals surface area contributed by atoms with Gasteiger partial charge in [0.05, 0.1) is 17.3 Å². The predicted octanol–water partition coefficient (Wildman–Crippen LogP) is 3.71. The third kappa shape index (κ3) is 4.32. The molecule has 0 aliphatic carbocycles. The quantitative estimate of drug-likeness (QED) is 0.864. The van der Waals surface area contributed by atoms with E-state index in [1.54, 1.807) is 35.2 Å². The number of halogens is 3. The molecule has 2 aromatic rings. The van der Waals surface area contributed by atoms with Crippen LogP contribution in [-0.2, 0) is 17.5 Å². The third-order valence-electron chi connectivity index (χ3n) is 4.72. The van der Waals surface area contributed by atoms with Crippen molar-refractivity contribution in [3.05, 3.63) is 65.0 Å². The molecule has 1 atom stereocenters. The lowest BCUT2D eigenvalue weighted by Gasteiger charge is -2.25. The number of rotatable bonds is 4. The molecule has 1 fully saturated rings. The van der Waals surface area contributed by atoms with Crippen LogP contribution in [0.15, 0.2) is 42.6 Å². The van der Waals surface area contributed by atoms with Crippen molar-refractivity contribution in [1.29, 1.82) is 0 Å². The Balaban J connectivity index is 1.91. The van der Waals surface area contributed by atoms with Crippen LogP contribution in [0.25, 0.3) is 0 Å². The molecule has 148 valence electrons. The molecule has 1 aliphatic rings. The number of pyridine rings is 1. The normalized spacial score (nSPS) is 16.9. The van der Waals surface area contributed by atoms with E-state index in [0.717, 1.165) is 12.3 Å². The predicted molar refractivity (Wildman–Crippen MR) is 96.2 cm³/mol.